The molecule has 0 bridgehead atoms. The van der Waals surface area contributed by atoms with Crippen molar-refractivity contribution in [2.24, 2.45) is 0 Å². The first-order chi connectivity index (χ1) is 13.6. The molecule has 0 saturated heterocycles. The predicted octanol–water partition coefficient (Wildman–Crippen LogP) is 4.22. The Bertz CT molecular complexity index is 868. The second kappa shape index (κ2) is 9.78. The Morgan fingerprint density at radius 1 is 1.03 bits per heavy atom. The van der Waals surface area contributed by atoms with Gasteiger partial charge in [-0.1, -0.05) is 18.7 Å². The van der Waals surface area contributed by atoms with Gasteiger partial charge in [0.05, 0.1) is 12.2 Å². The highest BCUT2D eigenvalue weighted by Crippen LogP contribution is 2.24. The molecule has 154 valence electrons. The summed E-state index contributed by atoms with van der Waals surface area (Å²) in [5, 5.41) is 8.79. The van der Waals surface area contributed by atoms with Gasteiger partial charge in [-0.3, -0.25) is 9.59 Å². The molecular weight excluding hydrogens is 366 g/mol. The zero-order valence-electron chi connectivity index (χ0n) is 17.5. The molecule has 0 fully saturated rings. The molecule has 0 heterocycles. The number of hydrogen-bond acceptors (Lipinski definition) is 4. The van der Waals surface area contributed by atoms with Crippen molar-refractivity contribution in [2.75, 3.05) is 23.8 Å². The minimum atomic E-state index is -0.306. The summed E-state index contributed by atoms with van der Waals surface area (Å²) in [6.45, 7) is 12.0. The summed E-state index contributed by atoms with van der Waals surface area (Å²) in [5.41, 5.74) is 2.51. The van der Waals surface area contributed by atoms with Gasteiger partial charge in [0, 0.05) is 16.8 Å². The Balaban J connectivity index is 1.90. The quantitative estimate of drug-likeness (QED) is 0.585. The van der Waals surface area contributed by atoms with E-state index in [0.29, 0.717) is 23.6 Å². The van der Waals surface area contributed by atoms with Gasteiger partial charge in [-0.25, -0.2) is 0 Å². The topological polar surface area (TPSA) is 79.5 Å². The summed E-state index contributed by atoms with van der Waals surface area (Å²) in [7, 11) is 0. The van der Waals surface area contributed by atoms with E-state index in [1.807, 2.05) is 52.0 Å². The summed E-state index contributed by atoms with van der Waals surface area (Å²) >= 11 is 0. The van der Waals surface area contributed by atoms with Crippen molar-refractivity contribution in [1.82, 2.24) is 5.32 Å². The standard InChI is InChI=1S/C23H29N3O3/c1-16(2)15-29-20-9-7-6-8-19(20)24-14-21(27)25-18-12-10-17(11-13-18)22(28)26-23(3,4)5/h6-13,24H,1,14-15H2,2-5H3,(H,25,27)(H,26,28). The number of hydrogen-bond donors (Lipinski definition) is 3. The van der Waals surface area contributed by atoms with Gasteiger partial charge in [-0.15, -0.1) is 0 Å². The molecule has 0 saturated carbocycles. The normalized spacial score (nSPS) is 10.8. The Morgan fingerprint density at radius 3 is 2.31 bits per heavy atom. The molecule has 2 amide bonds. The first kappa shape index (κ1) is 22.0. The Morgan fingerprint density at radius 2 is 1.69 bits per heavy atom. The van der Waals surface area contributed by atoms with Crippen molar-refractivity contribution < 1.29 is 14.3 Å². The second-order valence-corrected chi connectivity index (χ2v) is 7.93. The largest absolute Gasteiger partial charge is 0.487 e. The maximum absolute atomic E-state index is 12.3. The molecule has 0 unspecified atom stereocenters. The molecule has 0 atom stereocenters. The third-order valence-electron chi connectivity index (χ3n) is 3.72. The van der Waals surface area contributed by atoms with E-state index in [1.165, 1.54) is 0 Å². The summed E-state index contributed by atoms with van der Waals surface area (Å²) in [5.74, 6) is 0.313. The fraction of sp³-hybridized carbons (Fsp3) is 0.304. The molecule has 29 heavy (non-hydrogen) atoms. The third-order valence-corrected chi connectivity index (χ3v) is 3.72. The fourth-order valence-corrected chi connectivity index (χ4v) is 2.44. The molecule has 0 aliphatic carbocycles. The molecule has 0 spiro atoms. The SMILES string of the molecule is C=C(C)COc1ccccc1NCC(=O)Nc1ccc(C(=O)NC(C)(C)C)cc1. The number of amides is 2. The minimum absolute atomic E-state index is 0.0830. The molecule has 0 aliphatic heterocycles. The van der Waals surface area contributed by atoms with Crippen LogP contribution in [-0.4, -0.2) is 30.5 Å². The highest BCUT2D eigenvalue weighted by atomic mass is 16.5. The minimum Gasteiger partial charge on any atom is -0.487 e. The number of para-hydroxylation sites is 2. The van der Waals surface area contributed by atoms with E-state index in [1.54, 1.807) is 24.3 Å². The molecule has 0 radical (unpaired) electrons. The van der Waals surface area contributed by atoms with E-state index in [9.17, 15) is 9.59 Å². The maximum Gasteiger partial charge on any atom is 0.251 e. The lowest BCUT2D eigenvalue weighted by molar-refractivity contribution is -0.114. The van der Waals surface area contributed by atoms with Crippen LogP contribution in [0.5, 0.6) is 5.75 Å². The van der Waals surface area contributed by atoms with Gasteiger partial charge < -0.3 is 20.7 Å². The van der Waals surface area contributed by atoms with E-state index < -0.39 is 0 Å². The van der Waals surface area contributed by atoms with Gasteiger partial charge in [0.1, 0.15) is 12.4 Å². The summed E-state index contributed by atoms with van der Waals surface area (Å²) in [6, 6.07) is 14.2. The lowest BCUT2D eigenvalue weighted by Gasteiger charge is -2.20. The lowest BCUT2D eigenvalue weighted by atomic mass is 10.1. The molecule has 2 aromatic rings. The van der Waals surface area contributed by atoms with Crippen LogP contribution < -0.4 is 20.7 Å². The zero-order chi connectivity index (χ0) is 21.4. The highest BCUT2D eigenvalue weighted by Gasteiger charge is 2.15. The molecule has 0 aliphatic rings. The number of benzene rings is 2. The third kappa shape index (κ3) is 7.70. The summed E-state index contributed by atoms with van der Waals surface area (Å²) < 4.78 is 5.69. The average Bonchev–Trinajstić information content (AvgIpc) is 2.64. The number of ether oxygens (including phenoxy) is 1. The molecule has 2 aromatic carbocycles. The average molecular weight is 396 g/mol. The molecular formula is C23H29N3O3. The first-order valence-electron chi connectivity index (χ1n) is 9.46. The van der Waals surface area contributed by atoms with Crippen LogP contribution in [-0.2, 0) is 4.79 Å². The molecule has 0 aromatic heterocycles. The van der Waals surface area contributed by atoms with E-state index in [0.717, 1.165) is 11.3 Å². The number of rotatable bonds is 8. The van der Waals surface area contributed by atoms with Crippen LogP contribution in [0, 0.1) is 0 Å². The van der Waals surface area contributed by atoms with E-state index >= 15 is 0 Å². The number of carbonyl (C=O) groups is 2. The van der Waals surface area contributed by atoms with Crippen molar-refractivity contribution in [3.8, 4) is 5.75 Å². The fourth-order valence-electron chi connectivity index (χ4n) is 2.44. The summed E-state index contributed by atoms with van der Waals surface area (Å²) in [4.78, 5) is 24.4. The van der Waals surface area contributed by atoms with Crippen molar-refractivity contribution in [2.45, 2.75) is 33.2 Å². The summed E-state index contributed by atoms with van der Waals surface area (Å²) in [6.07, 6.45) is 0. The van der Waals surface area contributed by atoms with Crippen LogP contribution in [0.25, 0.3) is 0 Å². The van der Waals surface area contributed by atoms with Crippen LogP contribution >= 0.6 is 0 Å². The Labute approximate surface area is 172 Å². The second-order valence-electron chi connectivity index (χ2n) is 7.93. The monoisotopic (exact) mass is 395 g/mol. The van der Waals surface area contributed by atoms with Crippen LogP contribution in [0.1, 0.15) is 38.1 Å². The van der Waals surface area contributed by atoms with Gasteiger partial charge in [-0.05, 0) is 69.7 Å². The van der Waals surface area contributed by atoms with Crippen molar-refractivity contribution in [1.29, 1.82) is 0 Å². The Hall–Kier alpha value is -3.28. The number of nitrogens with one attached hydrogen (secondary N) is 3. The van der Waals surface area contributed by atoms with E-state index in [4.69, 9.17) is 4.74 Å². The van der Waals surface area contributed by atoms with Crippen molar-refractivity contribution >= 4 is 23.2 Å². The van der Waals surface area contributed by atoms with Gasteiger partial charge in [0.15, 0.2) is 0 Å². The van der Waals surface area contributed by atoms with Crippen LogP contribution in [0.2, 0.25) is 0 Å². The lowest BCUT2D eigenvalue weighted by Crippen LogP contribution is -2.40. The molecule has 2 rings (SSSR count). The van der Waals surface area contributed by atoms with Crippen molar-refractivity contribution in [3.63, 3.8) is 0 Å². The highest BCUT2D eigenvalue weighted by molar-refractivity contribution is 5.97. The van der Waals surface area contributed by atoms with Gasteiger partial charge in [0.2, 0.25) is 5.91 Å². The zero-order valence-corrected chi connectivity index (χ0v) is 17.5. The Kier molecular flexibility index (Phi) is 7.42. The predicted molar refractivity (Wildman–Crippen MR) is 118 cm³/mol. The number of anilines is 2. The molecule has 6 nitrogen and oxygen atoms in total. The van der Waals surface area contributed by atoms with Crippen LogP contribution in [0.3, 0.4) is 0 Å². The number of carbonyl (C=O) groups excluding carboxylic acids is 2. The van der Waals surface area contributed by atoms with Crippen LogP contribution in [0.4, 0.5) is 11.4 Å². The van der Waals surface area contributed by atoms with E-state index in [-0.39, 0.29) is 23.9 Å². The van der Waals surface area contributed by atoms with Gasteiger partial charge >= 0.3 is 0 Å². The smallest absolute Gasteiger partial charge is 0.251 e. The van der Waals surface area contributed by atoms with Crippen LogP contribution in [0.15, 0.2) is 60.7 Å². The maximum atomic E-state index is 12.3. The van der Waals surface area contributed by atoms with E-state index in [2.05, 4.69) is 22.5 Å². The molecule has 3 N–H and O–H groups in total. The van der Waals surface area contributed by atoms with Crippen molar-refractivity contribution in [3.05, 3.63) is 66.2 Å². The molecule has 6 heteroatoms. The first-order valence-corrected chi connectivity index (χ1v) is 9.46. The van der Waals surface area contributed by atoms with Gasteiger partial charge in [-0.2, -0.15) is 0 Å². The van der Waals surface area contributed by atoms with Gasteiger partial charge in [0.25, 0.3) is 5.91 Å².